The Kier molecular flexibility index (Phi) is 8.28. The lowest BCUT2D eigenvalue weighted by atomic mass is 10.1. The van der Waals surface area contributed by atoms with Gasteiger partial charge in [0, 0.05) is 5.69 Å². The van der Waals surface area contributed by atoms with Crippen LogP contribution < -0.4 is 10.1 Å². The van der Waals surface area contributed by atoms with E-state index in [4.69, 9.17) is 27.9 Å². The Morgan fingerprint density at radius 2 is 1.77 bits per heavy atom. The number of carbonyl (C=O) groups is 2. The van der Waals surface area contributed by atoms with Gasteiger partial charge in [0.15, 0.2) is 5.75 Å². The second kappa shape index (κ2) is 10.7. The minimum atomic E-state index is -0.615. The zero-order valence-corrected chi connectivity index (χ0v) is 18.2. The van der Waals surface area contributed by atoms with Gasteiger partial charge in [-0.2, -0.15) is 5.26 Å². The van der Waals surface area contributed by atoms with Crippen molar-refractivity contribution in [2.75, 3.05) is 19.0 Å². The van der Waals surface area contributed by atoms with Crippen LogP contribution in [0.25, 0.3) is 6.08 Å². The monoisotopic (exact) mass is 446 g/mol. The predicted octanol–water partition coefficient (Wildman–Crippen LogP) is 5.36. The molecule has 30 heavy (non-hydrogen) atoms. The van der Waals surface area contributed by atoms with Crippen LogP contribution in [0.3, 0.4) is 0 Å². The van der Waals surface area contributed by atoms with Gasteiger partial charge in [0.2, 0.25) is 0 Å². The van der Waals surface area contributed by atoms with Crippen LogP contribution in [0.5, 0.6) is 5.75 Å². The molecule has 0 spiro atoms. The highest BCUT2D eigenvalue weighted by atomic mass is 35.5. The van der Waals surface area contributed by atoms with Crippen LogP contribution in [0, 0.1) is 17.2 Å². The summed E-state index contributed by atoms with van der Waals surface area (Å²) in [6.07, 6.45) is 1.38. The van der Waals surface area contributed by atoms with Gasteiger partial charge in [-0.05, 0) is 54.0 Å². The number of nitriles is 1. The van der Waals surface area contributed by atoms with Crippen LogP contribution in [-0.2, 0) is 9.53 Å². The van der Waals surface area contributed by atoms with Crippen molar-refractivity contribution >= 4 is 46.8 Å². The molecular formula is C22H20Cl2N2O4. The van der Waals surface area contributed by atoms with E-state index in [0.717, 1.165) is 0 Å². The summed E-state index contributed by atoms with van der Waals surface area (Å²) >= 11 is 12.5. The largest absolute Gasteiger partial charge is 0.490 e. The molecule has 0 fully saturated rings. The van der Waals surface area contributed by atoms with Crippen molar-refractivity contribution in [3.8, 4) is 11.8 Å². The molecule has 6 nitrogen and oxygen atoms in total. The fraction of sp³-hybridized carbons (Fsp3) is 0.227. The third kappa shape index (κ3) is 6.24. The Hall–Kier alpha value is -3.01. The Morgan fingerprint density at radius 1 is 1.17 bits per heavy atom. The van der Waals surface area contributed by atoms with E-state index >= 15 is 0 Å². The Bertz CT molecular complexity index is 986. The lowest BCUT2D eigenvalue weighted by Gasteiger charge is -2.12. The van der Waals surface area contributed by atoms with E-state index in [1.165, 1.54) is 37.5 Å². The summed E-state index contributed by atoms with van der Waals surface area (Å²) in [4.78, 5) is 23.9. The zero-order valence-electron chi connectivity index (χ0n) is 16.7. The minimum absolute atomic E-state index is 0.143. The minimum Gasteiger partial charge on any atom is -0.490 e. The molecule has 1 amide bonds. The van der Waals surface area contributed by atoms with Crippen molar-refractivity contribution in [3.05, 3.63) is 63.1 Å². The third-order valence-electron chi connectivity index (χ3n) is 3.82. The van der Waals surface area contributed by atoms with Crippen LogP contribution in [0.2, 0.25) is 10.0 Å². The van der Waals surface area contributed by atoms with Gasteiger partial charge in [-0.15, -0.1) is 0 Å². The number of halogens is 2. The standard InChI is InChI=1S/C22H20Cl2N2O4/c1-13(2)12-30-20-18(23)9-14(10-19(20)24)8-16(11-25)21(27)26-17-6-4-15(5-7-17)22(28)29-3/h4-10,13H,12H2,1-3H3,(H,26,27)/b16-8+. The molecule has 0 aromatic heterocycles. The topological polar surface area (TPSA) is 88.4 Å². The number of carbonyl (C=O) groups excluding carboxylic acids is 2. The molecule has 2 aromatic rings. The first-order chi connectivity index (χ1) is 14.2. The Morgan fingerprint density at radius 3 is 2.27 bits per heavy atom. The van der Waals surface area contributed by atoms with Crippen molar-refractivity contribution in [2.45, 2.75) is 13.8 Å². The number of amides is 1. The first-order valence-electron chi connectivity index (χ1n) is 8.98. The molecule has 0 unspecified atom stereocenters. The van der Waals surface area contributed by atoms with Gasteiger partial charge < -0.3 is 14.8 Å². The SMILES string of the molecule is COC(=O)c1ccc(NC(=O)/C(C#N)=C/c2cc(Cl)c(OCC(C)C)c(Cl)c2)cc1. The Balaban J connectivity index is 2.19. The average molecular weight is 447 g/mol. The maximum absolute atomic E-state index is 12.5. The van der Waals surface area contributed by atoms with Gasteiger partial charge in [0.25, 0.3) is 5.91 Å². The van der Waals surface area contributed by atoms with E-state index in [1.54, 1.807) is 12.1 Å². The maximum Gasteiger partial charge on any atom is 0.337 e. The highest BCUT2D eigenvalue weighted by Gasteiger charge is 2.14. The summed E-state index contributed by atoms with van der Waals surface area (Å²) in [5, 5.41) is 12.6. The molecule has 156 valence electrons. The molecule has 0 heterocycles. The quantitative estimate of drug-likeness (QED) is 0.351. The average Bonchev–Trinajstić information content (AvgIpc) is 2.71. The number of hydrogen-bond donors (Lipinski definition) is 1. The highest BCUT2D eigenvalue weighted by Crippen LogP contribution is 2.35. The van der Waals surface area contributed by atoms with Crippen LogP contribution in [-0.4, -0.2) is 25.6 Å². The van der Waals surface area contributed by atoms with Crippen molar-refractivity contribution in [1.82, 2.24) is 0 Å². The van der Waals surface area contributed by atoms with Gasteiger partial charge in [-0.1, -0.05) is 37.0 Å². The van der Waals surface area contributed by atoms with Crippen LogP contribution >= 0.6 is 23.2 Å². The number of benzene rings is 2. The second-order valence-corrected chi connectivity index (χ2v) is 7.53. The number of anilines is 1. The summed E-state index contributed by atoms with van der Waals surface area (Å²) < 4.78 is 10.2. The van der Waals surface area contributed by atoms with E-state index < -0.39 is 11.9 Å². The van der Waals surface area contributed by atoms with E-state index in [0.29, 0.717) is 35.1 Å². The smallest absolute Gasteiger partial charge is 0.337 e. The molecule has 0 saturated heterocycles. The number of nitrogens with one attached hydrogen (secondary N) is 1. The fourth-order valence-electron chi connectivity index (χ4n) is 2.37. The van der Waals surface area contributed by atoms with Crippen LogP contribution in [0.1, 0.15) is 29.8 Å². The molecule has 0 radical (unpaired) electrons. The molecule has 2 aromatic carbocycles. The molecule has 0 aliphatic rings. The molecule has 0 aliphatic heterocycles. The van der Waals surface area contributed by atoms with Crippen molar-refractivity contribution in [2.24, 2.45) is 5.92 Å². The van der Waals surface area contributed by atoms with E-state index in [1.807, 2.05) is 19.9 Å². The molecule has 2 rings (SSSR count). The first-order valence-corrected chi connectivity index (χ1v) is 9.74. The number of nitrogens with zero attached hydrogens (tertiary/aromatic N) is 1. The Labute approximate surface area is 185 Å². The molecule has 0 bridgehead atoms. The maximum atomic E-state index is 12.5. The zero-order chi connectivity index (χ0) is 22.3. The van der Waals surface area contributed by atoms with Crippen molar-refractivity contribution in [3.63, 3.8) is 0 Å². The van der Waals surface area contributed by atoms with Gasteiger partial charge >= 0.3 is 5.97 Å². The van der Waals surface area contributed by atoms with Crippen LogP contribution in [0.4, 0.5) is 5.69 Å². The number of rotatable bonds is 7. The molecule has 0 aliphatic carbocycles. The molecule has 0 atom stereocenters. The van der Waals surface area contributed by atoms with E-state index in [-0.39, 0.29) is 15.6 Å². The molecule has 0 saturated carbocycles. The van der Waals surface area contributed by atoms with Crippen molar-refractivity contribution in [1.29, 1.82) is 5.26 Å². The van der Waals surface area contributed by atoms with E-state index in [2.05, 4.69) is 10.1 Å². The van der Waals surface area contributed by atoms with Gasteiger partial charge in [-0.25, -0.2) is 4.79 Å². The molecular weight excluding hydrogens is 427 g/mol. The lowest BCUT2D eigenvalue weighted by Crippen LogP contribution is -2.13. The summed E-state index contributed by atoms with van der Waals surface area (Å²) in [6, 6.07) is 11.1. The lowest BCUT2D eigenvalue weighted by molar-refractivity contribution is -0.112. The summed E-state index contributed by atoms with van der Waals surface area (Å²) in [5.74, 6) is -0.444. The van der Waals surface area contributed by atoms with Gasteiger partial charge in [0.05, 0.1) is 29.3 Å². The fourth-order valence-corrected chi connectivity index (χ4v) is 2.98. The highest BCUT2D eigenvalue weighted by molar-refractivity contribution is 6.37. The number of esters is 1. The first kappa shape index (κ1) is 23.3. The summed E-state index contributed by atoms with van der Waals surface area (Å²) in [7, 11) is 1.28. The van der Waals surface area contributed by atoms with Gasteiger partial charge in [0.1, 0.15) is 11.6 Å². The summed E-state index contributed by atoms with van der Waals surface area (Å²) in [6.45, 7) is 4.45. The predicted molar refractivity (Wildman–Crippen MR) is 117 cm³/mol. The van der Waals surface area contributed by atoms with Gasteiger partial charge in [-0.3, -0.25) is 4.79 Å². The number of hydrogen-bond acceptors (Lipinski definition) is 5. The normalized spacial score (nSPS) is 11.0. The van der Waals surface area contributed by atoms with Crippen molar-refractivity contribution < 1.29 is 19.1 Å². The van der Waals surface area contributed by atoms with Crippen LogP contribution in [0.15, 0.2) is 42.0 Å². The third-order valence-corrected chi connectivity index (χ3v) is 4.38. The van der Waals surface area contributed by atoms with E-state index in [9.17, 15) is 14.9 Å². The second-order valence-electron chi connectivity index (χ2n) is 6.71. The number of methoxy groups -OCH3 is 1. The number of ether oxygens (including phenoxy) is 2. The molecule has 1 N–H and O–H groups in total. The molecule has 8 heteroatoms. The summed E-state index contributed by atoms with van der Waals surface area (Å²) in [5.41, 5.74) is 1.10.